The zero-order chi connectivity index (χ0) is 23.5. The predicted molar refractivity (Wildman–Crippen MR) is 119 cm³/mol. The summed E-state index contributed by atoms with van der Waals surface area (Å²) in [6.45, 7) is 2.34. The summed E-state index contributed by atoms with van der Waals surface area (Å²) in [5, 5.41) is 20.0. The number of anilines is 1. The first-order chi connectivity index (χ1) is 15.9. The Hall–Kier alpha value is -4.33. The van der Waals surface area contributed by atoms with Crippen molar-refractivity contribution in [2.45, 2.75) is 19.4 Å². The number of carbonyl (C=O) groups is 3. The molecule has 1 atom stereocenters. The lowest BCUT2D eigenvalue weighted by Gasteiger charge is -2.23. The number of carboxylic acid groups (broad SMARTS) is 1. The predicted octanol–water partition coefficient (Wildman–Crippen LogP) is 3.93. The van der Waals surface area contributed by atoms with Gasteiger partial charge in [-0.25, -0.2) is 0 Å². The van der Waals surface area contributed by atoms with Crippen molar-refractivity contribution in [3.63, 3.8) is 0 Å². The molecule has 4 rings (SSSR count). The maximum Gasteiger partial charge on any atom is 0.307 e. The standard InChI is InChI=1S/C25H21NO7/c1-2-32-18-11-7-16(8-12-18)23(29)21-22(19-4-3-13-33-19)26(25(31)24(21)30)17-9-5-15(6-10-17)14-20(27)28/h3-13,22,29H,2,14H2,1H3,(H,27,28)/b23-21-. The number of benzene rings is 2. The van der Waals surface area contributed by atoms with Crippen molar-refractivity contribution in [1.82, 2.24) is 0 Å². The molecule has 2 N–H and O–H groups in total. The number of aliphatic carboxylic acids is 1. The number of ether oxygens (including phenoxy) is 1. The van der Waals surface area contributed by atoms with Gasteiger partial charge in [-0.1, -0.05) is 12.1 Å². The average Bonchev–Trinajstić information content (AvgIpc) is 3.41. The number of rotatable bonds is 7. The minimum atomic E-state index is -0.989. The Balaban J connectivity index is 1.79. The number of amides is 1. The molecule has 2 heterocycles. The topological polar surface area (TPSA) is 117 Å². The molecule has 1 aromatic heterocycles. The third kappa shape index (κ3) is 4.23. The maximum absolute atomic E-state index is 13.0. The van der Waals surface area contributed by atoms with Crippen LogP contribution in [0.25, 0.3) is 5.76 Å². The molecule has 1 aliphatic rings. The molecule has 1 saturated heterocycles. The molecule has 0 spiro atoms. The second kappa shape index (κ2) is 9.04. The Bertz CT molecular complexity index is 1210. The molecular weight excluding hydrogens is 426 g/mol. The van der Waals surface area contributed by atoms with Gasteiger partial charge in [-0.05, 0) is 61.0 Å². The molecule has 1 unspecified atom stereocenters. The van der Waals surface area contributed by atoms with Crippen LogP contribution < -0.4 is 9.64 Å². The van der Waals surface area contributed by atoms with Crippen molar-refractivity contribution in [3.8, 4) is 5.75 Å². The number of aliphatic hydroxyl groups is 1. The quantitative estimate of drug-likeness (QED) is 0.320. The van der Waals surface area contributed by atoms with E-state index in [1.54, 1.807) is 60.7 Å². The van der Waals surface area contributed by atoms with E-state index in [1.165, 1.54) is 11.2 Å². The van der Waals surface area contributed by atoms with Gasteiger partial charge in [-0.3, -0.25) is 19.3 Å². The SMILES string of the molecule is CCOc1ccc(/C(O)=C2/C(=O)C(=O)N(c3ccc(CC(=O)O)cc3)C2c2ccco2)cc1. The monoisotopic (exact) mass is 447 g/mol. The van der Waals surface area contributed by atoms with Crippen molar-refractivity contribution < 1.29 is 33.8 Å². The Kier molecular flexibility index (Phi) is 5.99. The largest absolute Gasteiger partial charge is 0.507 e. The summed E-state index contributed by atoms with van der Waals surface area (Å²) in [4.78, 5) is 38.3. The van der Waals surface area contributed by atoms with Crippen LogP contribution in [0.5, 0.6) is 5.75 Å². The van der Waals surface area contributed by atoms with Crippen LogP contribution in [0.2, 0.25) is 0 Å². The van der Waals surface area contributed by atoms with Gasteiger partial charge in [-0.15, -0.1) is 0 Å². The number of ketones is 1. The molecule has 1 amide bonds. The number of hydrogen-bond acceptors (Lipinski definition) is 6. The summed E-state index contributed by atoms with van der Waals surface area (Å²) in [5.74, 6) is -2.07. The molecule has 2 aromatic carbocycles. The average molecular weight is 447 g/mol. The number of Topliss-reactive ketones (excluding diaryl/α,β-unsaturated/α-hetero) is 1. The van der Waals surface area contributed by atoms with Crippen molar-refractivity contribution in [1.29, 1.82) is 0 Å². The third-order valence-electron chi connectivity index (χ3n) is 5.27. The third-order valence-corrected chi connectivity index (χ3v) is 5.27. The van der Waals surface area contributed by atoms with Crippen molar-refractivity contribution >= 4 is 29.1 Å². The molecule has 0 radical (unpaired) electrons. The molecule has 0 aliphatic carbocycles. The molecule has 0 saturated carbocycles. The van der Waals surface area contributed by atoms with Gasteiger partial charge in [0, 0.05) is 11.3 Å². The molecule has 0 bridgehead atoms. The lowest BCUT2D eigenvalue weighted by atomic mass is 9.99. The molecule has 1 fully saturated rings. The first kappa shape index (κ1) is 21.9. The van der Waals surface area contributed by atoms with Crippen LogP contribution in [0.4, 0.5) is 5.69 Å². The van der Waals surface area contributed by atoms with Crippen molar-refractivity contribution in [2.75, 3.05) is 11.5 Å². The fourth-order valence-electron chi connectivity index (χ4n) is 3.80. The summed E-state index contributed by atoms with van der Waals surface area (Å²) in [5.41, 5.74) is 1.17. The Labute approximate surface area is 189 Å². The van der Waals surface area contributed by atoms with Gasteiger partial charge in [0.25, 0.3) is 11.7 Å². The highest BCUT2D eigenvalue weighted by Gasteiger charge is 2.48. The van der Waals surface area contributed by atoms with Gasteiger partial charge in [0.15, 0.2) is 0 Å². The van der Waals surface area contributed by atoms with Gasteiger partial charge in [0.05, 0.1) is 24.9 Å². The first-order valence-corrected chi connectivity index (χ1v) is 10.3. The van der Waals surface area contributed by atoms with E-state index in [2.05, 4.69) is 0 Å². The molecule has 1 aliphatic heterocycles. The minimum Gasteiger partial charge on any atom is -0.507 e. The second-order valence-corrected chi connectivity index (χ2v) is 7.38. The van der Waals surface area contributed by atoms with E-state index in [4.69, 9.17) is 14.3 Å². The lowest BCUT2D eigenvalue weighted by molar-refractivity contribution is -0.136. The number of carboxylic acids is 1. The number of carbonyl (C=O) groups excluding carboxylic acids is 2. The van der Waals surface area contributed by atoms with E-state index in [0.717, 1.165) is 0 Å². The highest BCUT2D eigenvalue weighted by Crippen LogP contribution is 2.42. The summed E-state index contributed by atoms with van der Waals surface area (Å²) in [6.07, 6.45) is 1.25. The number of furan rings is 1. The molecular formula is C25H21NO7. The van der Waals surface area contributed by atoms with E-state index in [0.29, 0.717) is 34.9 Å². The Morgan fingerprint density at radius 1 is 1.03 bits per heavy atom. The molecule has 8 heteroatoms. The molecule has 168 valence electrons. The summed E-state index contributed by atoms with van der Waals surface area (Å²) in [7, 11) is 0. The molecule has 3 aromatic rings. The summed E-state index contributed by atoms with van der Waals surface area (Å²) >= 11 is 0. The highest BCUT2D eigenvalue weighted by molar-refractivity contribution is 6.51. The lowest BCUT2D eigenvalue weighted by Crippen LogP contribution is -2.29. The fraction of sp³-hybridized carbons (Fsp3) is 0.160. The van der Waals surface area contributed by atoms with Crippen LogP contribution in [0, 0.1) is 0 Å². The number of nitrogens with zero attached hydrogens (tertiary/aromatic N) is 1. The van der Waals surface area contributed by atoms with E-state index < -0.39 is 23.7 Å². The van der Waals surface area contributed by atoms with Crippen LogP contribution in [-0.2, 0) is 20.8 Å². The summed E-state index contributed by atoms with van der Waals surface area (Å²) < 4.78 is 10.9. The number of hydrogen-bond donors (Lipinski definition) is 2. The molecule has 8 nitrogen and oxygen atoms in total. The van der Waals surface area contributed by atoms with Gasteiger partial charge in [-0.2, -0.15) is 0 Å². The van der Waals surface area contributed by atoms with Gasteiger partial charge < -0.3 is 19.4 Å². The van der Waals surface area contributed by atoms with Crippen molar-refractivity contribution in [2.24, 2.45) is 0 Å². The van der Waals surface area contributed by atoms with Crippen LogP contribution in [-0.4, -0.2) is 34.5 Å². The van der Waals surface area contributed by atoms with Crippen LogP contribution in [0.3, 0.4) is 0 Å². The van der Waals surface area contributed by atoms with Gasteiger partial charge in [0.1, 0.15) is 23.3 Å². The Morgan fingerprint density at radius 2 is 1.73 bits per heavy atom. The molecule has 33 heavy (non-hydrogen) atoms. The van der Waals surface area contributed by atoms with Crippen LogP contribution in [0.1, 0.15) is 29.9 Å². The van der Waals surface area contributed by atoms with Crippen LogP contribution in [0.15, 0.2) is 76.9 Å². The van der Waals surface area contributed by atoms with Gasteiger partial charge >= 0.3 is 5.97 Å². The second-order valence-electron chi connectivity index (χ2n) is 7.38. The van der Waals surface area contributed by atoms with Crippen molar-refractivity contribution in [3.05, 3.63) is 89.4 Å². The summed E-state index contributed by atoms with van der Waals surface area (Å²) in [6, 6.07) is 15.1. The zero-order valence-corrected chi connectivity index (χ0v) is 17.7. The Morgan fingerprint density at radius 3 is 2.30 bits per heavy atom. The normalized spacial score (nSPS) is 17.4. The smallest absolute Gasteiger partial charge is 0.307 e. The van der Waals surface area contributed by atoms with E-state index >= 15 is 0 Å². The van der Waals surface area contributed by atoms with E-state index in [-0.39, 0.29) is 17.8 Å². The maximum atomic E-state index is 13.0. The first-order valence-electron chi connectivity index (χ1n) is 10.3. The number of aliphatic hydroxyl groups excluding tert-OH is 1. The van der Waals surface area contributed by atoms with Crippen LogP contribution >= 0.6 is 0 Å². The fourth-order valence-corrected chi connectivity index (χ4v) is 3.80. The van der Waals surface area contributed by atoms with Gasteiger partial charge in [0.2, 0.25) is 0 Å². The zero-order valence-electron chi connectivity index (χ0n) is 17.7. The van der Waals surface area contributed by atoms with E-state index in [1.807, 2.05) is 6.92 Å². The minimum absolute atomic E-state index is 0.103. The van der Waals surface area contributed by atoms with E-state index in [9.17, 15) is 19.5 Å². The highest BCUT2D eigenvalue weighted by atomic mass is 16.5.